The molecule has 1 fully saturated rings. The molecule has 5 heteroatoms. The number of esters is 1. The molecule has 1 N–H and O–H groups in total. The maximum atomic E-state index is 11.5. The predicted octanol–water partition coefficient (Wildman–Crippen LogP) is 1.53. The van der Waals surface area contributed by atoms with E-state index in [4.69, 9.17) is 4.74 Å². The number of pyridine rings is 1. The zero-order valence-electron chi connectivity index (χ0n) is 11.6. The molecule has 1 saturated heterocycles. The highest BCUT2D eigenvalue weighted by molar-refractivity contribution is 5.90. The molecule has 1 aromatic heterocycles. The second kappa shape index (κ2) is 5.17. The van der Waals surface area contributed by atoms with Gasteiger partial charge in [0.15, 0.2) is 0 Å². The van der Waals surface area contributed by atoms with Gasteiger partial charge >= 0.3 is 5.97 Å². The lowest BCUT2D eigenvalue weighted by Gasteiger charge is -2.36. The zero-order chi connectivity index (χ0) is 14.0. The predicted molar refractivity (Wildman–Crippen MR) is 72.4 cm³/mol. The third-order valence-electron chi connectivity index (χ3n) is 3.64. The number of aryl methyl sites for hydroxylation is 1. The van der Waals surface area contributed by atoms with Crippen molar-refractivity contribution < 1.29 is 14.6 Å². The lowest BCUT2D eigenvalue weighted by atomic mass is 9.94. The van der Waals surface area contributed by atoms with Crippen molar-refractivity contribution in [3.8, 4) is 0 Å². The lowest BCUT2D eigenvalue weighted by Crippen LogP contribution is -2.42. The van der Waals surface area contributed by atoms with Crippen LogP contribution in [0.4, 0.5) is 5.82 Å². The number of ether oxygens (including phenoxy) is 1. The lowest BCUT2D eigenvalue weighted by molar-refractivity contribution is 0.0350. The molecule has 2 rings (SSSR count). The number of aromatic nitrogens is 1. The van der Waals surface area contributed by atoms with E-state index in [9.17, 15) is 9.90 Å². The molecule has 0 aromatic carbocycles. The van der Waals surface area contributed by atoms with Gasteiger partial charge in [0.05, 0.1) is 24.0 Å². The number of nitrogens with zero attached hydrogens (tertiary/aromatic N) is 2. The number of methoxy groups -OCH3 is 1. The molecular weight excluding hydrogens is 244 g/mol. The van der Waals surface area contributed by atoms with Gasteiger partial charge in [-0.15, -0.1) is 0 Å². The van der Waals surface area contributed by atoms with Crippen molar-refractivity contribution in [2.24, 2.45) is 0 Å². The molecule has 0 atom stereocenters. The monoisotopic (exact) mass is 264 g/mol. The topological polar surface area (TPSA) is 62.7 Å². The van der Waals surface area contributed by atoms with Gasteiger partial charge in [-0.1, -0.05) is 0 Å². The quantitative estimate of drug-likeness (QED) is 0.821. The Morgan fingerprint density at radius 1 is 1.42 bits per heavy atom. The van der Waals surface area contributed by atoms with Crippen LogP contribution in [0.1, 0.15) is 35.8 Å². The molecule has 1 aliphatic rings. The minimum absolute atomic E-state index is 0.363. The normalized spacial score (nSPS) is 18.2. The van der Waals surface area contributed by atoms with Crippen molar-refractivity contribution in [2.75, 3.05) is 25.1 Å². The van der Waals surface area contributed by atoms with Crippen molar-refractivity contribution in [1.82, 2.24) is 4.98 Å². The maximum absolute atomic E-state index is 11.5. The van der Waals surface area contributed by atoms with Crippen LogP contribution in [0.3, 0.4) is 0 Å². The Morgan fingerprint density at radius 3 is 2.58 bits per heavy atom. The van der Waals surface area contributed by atoms with Crippen LogP contribution in [-0.2, 0) is 4.74 Å². The molecule has 0 bridgehead atoms. The summed E-state index contributed by atoms with van der Waals surface area (Å²) in [6.45, 7) is 5.22. The average molecular weight is 264 g/mol. The Morgan fingerprint density at radius 2 is 2.05 bits per heavy atom. The Balaban J connectivity index is 2.15. The molecule has 1 aliphatic heterocycles. The fraction of sp³-hybridized carbons (Fsp3) is 0.571. The molecule has 104 valence electrons. The highest BCUT2D eigenvalue weighted by atomic mass is 16.5. The van der Waals surface area contributed by atoms with E-state index in [-0.39, 0.29) is 5.97 Å². The molecule has 0 aliphatic carbocycles. The molecule has 1 aromatic rings. The number of hydrogen-bond acceptors (Lipinski definition) is 5. The van der Waals surface area contributed by atoms with E-state index in [0.717, 1.165) is 31.7 Å². The van der Waals surface area contributed by atoms with Crippen molar-refractivity contribution >= 4 is 11.8 Å². The molecular formula is C14H20N2O3. The van der Waals surface area contributed by atoms with Gasteiger partial charge in [-0.25, -0.2) is 9.78 Å². The number of piperidine rings is 1. The molecule has 2 heterocycles. The van der Waals surface area contributed by atoms with Gasteiger partial charge in [0, 0.05) is 13.1 Å². The van der Waals surface area contributed by atoms with Crippen molar-refractivity contribution in [3.63, 3.8) is 0 Å². The highest BCUT2D eigenvalue weighted by Crippen LogP contribution is 2.25. The fourth-order valence-electron chi connectivity index (χ4n) is 2.27. The summed E-state index contributed by atoms with van der Waals surface area (Å²) in [5.74, 6) is 0.485. The Hall–Kier alpha value is -1.62. The number of hydrogen-bond donors (Lipinski definition) is 1. The average Bonchev–Trinajstić information content (AvgIpc) is 2.37. The Labute approximate surface area is 113 Å². The second-order valence-electron chi connectivity index (χ2n) is 5.28. The fourth-order valence-corrected chi connectivity index (χ4v) is 2.27. The van der Waals surface area contributed by atoms with Crippen molar-refractivity contribution in [3.05, 3.63) is 23.4 Å². The summed E-state index contributed by atoms with van der Waals surface area (Å²) < 4.78 is 4.70. The minimum Gasteiger partial charge on any atom is -0.465 e. The Kier molecular flexibility index (Phi) is 3.75. The largest absolute Gasteiger partial charge is 0.465 e. The van der Waals surface area contributed by atoms with Gasteiger partial charge in [-0.05, 0) is 38.8 Å². The van der Waals surface area contributed by atoms with Gasteiger partial charge in [0.1, 0.15) is 5.82 Å². The number of carbonyl (C=O) groups excluding carboxylic acids is 1. The van der Waals surface area contributed by atoms with Gasteiger partial charge < -0.3 is 14.7 Å². The van der Waals surface area contributed by atoms with Gasteiger partial charge in [0.2, 0.25) is 0 Å². The van der Waals surface area contributed by atoms with Crippen LogP contribution < -0.4 is 4.90 Å². The van der Waals surface area contributed by atoms with E-state index < -0.39 is 5.60 Å². The number of rotatable bonds is 2. The summed E-state index contributed by atoms with van der Waals surface area (Å²) >= 11 is 0. The summed E-state index contributed by atoms with van der Waals surface area (Å²) in [4.78, 5) is 18.1. The summed E-state index contributed by atoms with van der Waals surface area (Å²) in [5, 5.41) is 9.93. The first-order valence-corrected chi connectivity index (χ1v) is 6.46. The summed E-state index contributed by atoms with van der Waals surface area (Å²) in [5.41, 5.74) is 0.592. The van der Waals surface area contributed by atoms with Gasteiger partial charge in [-0.3, -0.25) is 0 Å². The number of aliphatic hydroxyl groups is 1. The maximum Gasteiger partial charge on any atom is 0.339 e. The van der Waals surface area contributed by atoms with Crippen LogP contribution >= 0.6 is 0 Å². The Bertz CT molecular complexity index is 476. The van der Waals surface area contributed by atoms with Crippen molar-refractivity contribution in [1.29, 1.82) is 0 Å². The third-order valence-corrected chi connectivity index (χ3v) is 3.64. The van der Waals surface area contributed by atoms with Gasteiger partial charge in [-0.2, -0.15) is 0 Å². The molecule has 0 radical (unpaired) electrons. The van der Waals surface area contributed by atoms with Gasteiger partial charge in [0.25, 0.3) is 0 Å². The highest BCUT2D eigenvalue weighted by Gasteiger charge is 2.28. The van der Waals surface area contributed by atoms with E-state index in [1.807, 2.05) is 13.0 Å². The first kappa shape index (κ1) is 13.8. The zero-order valence-corrected chi connectivity index (χ0v) is 11.6. The molecule has 0 saturated carbocycles. The number of carbonyl (C=O) groups is 1. The first-order chi connectivity index (χ1) is 8.93. The van der Waals surface area contributed by atoms with Crippen LogP contribution in [-0.4, -0.2) is 41.9 Å². The third kappa shape index (κ3) is 3.04. The van der Waals surface area contributed by atoms with E-state index in [2.05, 4.69) is 9.88 Å². The van der Waals surface area contributed by atoms with Crippen LogP contribution in [0.2, 0.25) is 0 Å². The van der Waals surface area contributed by atoms with Crippen LogP contribution in [0.25, 0.3) is 0 Å². The standard InChI is InChI=1S/C14H20N2O3/c1-10-11(13(17)19-3)4-5-12(15-10)16-8-6-14(2,18)7-9-16/h4-5,18H,6-9H2,1-3H3. The first-order valence-electron chi connectivity index (χ1n) is 6.46. The molecule has 5 nitrogen and oxygen atoms in total. The van der Waals surface area contributed by atoms with E-state index in [0.29, 0.717) is 11.3 Å². The smallest absolute Gasteiger partial charge is 0.339 e. The summed E-state index contributed by atoms with van der Waals surface area (Å²) in [7, 11) is 1.36. The van der Waals surface area contributed by atoms with Crippen LogP contribution in [0.5, 0.6) is 0 Å². The number of anilines is 1. The summed E-state index contributed by atoms with van der Waals surface area (Å²) in [6.07, 6.45) is 1.46. The summed E-state index contributed by atoms with van der Waals surface area (Å²) in [6, 6.07) is 3.58. The molecule has 0 unspecified atom stereocenters. The molecule has 19 heavy (non-hydrogen) atoms. The molecule has 0 amide bonds. The SMILES string of the molecule is COC(=O)c1ccc(N2CCC(C)(O)CC2)nc1C. The second-order valence-corrected chi connectivity index (χ2v) is 5.28. The van der Waals surface area contributed by atoms with Crippen LogP contribution in [0.15, 0.2) is 12.1 Å². The van der Waals surface area contributed by atoms with E-state index >= 15 is 0 Å². The van der Waals surface area contributed by atoms with Crippen LogP contribution in [0, 0.1) is 6.92 Å². The van der Waals surface area contributed by atoms with E-state index in [1.54, 1.807) is 13.0 Å². The minimum atomic E-state index is -0.572. The van der Waals surface area contributed by atoms with E-state index in [1.165, 1.54) is 7.11 Å². The van der Waals surface area contributed by atoms with Crippen molar-refractivity contribution in [2.45, 2.75) is 32.3 Å². The molecule has 0 spiro atoms.